The van der Waals surface area contributed by atoms with Gasteiger partial charge < -0.3 is 15.3 Å². The topological polar surface area (TPSA) is 86.7 Å². The zero-order chi connectivity index (χ0) is 15.9. The van der Waals surface area contributed by atoms with E-state index in [1.165, 1.54) is 0 Å². The molecule has 116 valence electrons. The molecule has 1 aromatic carbocycles. The lowest BCUT2D eigenvalue weighted by Gasteiger charge is -2.27. The quantitative estimate of drug-likeness (QED) is 0.832. The van der Waals surface area contributed by atoms with Crippen molar-refractivity contribution in [2.45, 2.75) is 19.3 Å². The molecular weight excluding hydrogens is 284 g/mol. The summed E-state index contributed by atoms with van der Waals surface area (Å²) in [5, 5.41) is 11.1. The van der Waals surface area contributed by atoms with Gasteiger partial charge in [0.25, 0.3) is 5.91 Å². The number of aliphatic carboxylic acids is 1. The first-order valence-corrected chi connectivity index (χ1v) is 7.18. The summed E-state index contributed by atoms with van der Waals surface area (Å²) in [6, 6.07) is 6.74. The van der Waals surface area contributed by atoms with Crippen molar-refractivity contribution in [1.82, 2.24) is 4.90 Å². The maximum absolute atomic E-state index is 12.5. The van der Waals surface area contributed by atoms with Crippen molar-refractivity contribution in [2.75, 3.05) is 18.4 Å². The van der Waals surface area contributed by atoms with Gasteiger partial charge in [-0.25, -0.2) is 4.79 Å². The molecule has 2 amide bonds. The highest BCUT2D eigenvalue weighted by atomic mass is 16.4. The van der Waals surface area contributed by atoms with Crippen LogP contribution in [0.15, 0.2) is 36.4 Å². The molecule has 0 atom stereocenters. The summed E-state index contributed by atoms with van der Waals surface area (Å²) in [6.45, 7) is 1.44. The van der Waals surface area contributed by atoms with E-state index in [4.69, 9.17) is 5.11 Å². The average Bonchev–Trinajstić information content (AvgIpc) is 2.53. The van der Waals surface area contributed by atoms with E-state index in [0.717, 1.165) is 44.5 Å². The molecule has 2 N–H and O–H groups in total. The number of amides is 2. The van der Waals surface area contributed by atoms with Crippen molar-refractivity contribution in [3.05, 3.63) is 42.0 Å². The van der Waals surface area contributed by atoms with Gasteiger partial charge in [-0.15, -0.1) is 0 Å². The lowest BCUT2D eigenvalue weighted by Crippen LogP contribution is -2.36. The van der Waals surface area contributed by atoms with Gasteiger partial charge in [-0.2, -0.15) is 0 Å². The lowest BCUT2D eigenvalue weighted by molar-refractivity contribution is -0.131. The summed E-state index contributed by atoms with van der Waals surface area (Å²) >= 11 is 0. The second kappa shape index (κ2) is 7.40. The molecule has 1 aliphatic heterocycles. The largest absolute Gasteiger partial charge is 0.478 e. The van der Waals surface area contributed by atoms with E-state index in [1.807, 2.05) is 0 Å². The van der Waals surface area contributed by atoms with Crippen LogP contribution in [0.1, 0.15) is 29.6 Å². The van der Waals surface area contributed by atoms with Crippen molar-refractivity contribution in [3.8, 4) is 0 Å². The van der Waals surface area contributed by atoms with Gasteiger partial charge in [-0.3, -0.25) is 9.59 Å². The van der Waals surface area contributed by atoms with Crippen LogP contribution in [-0.2, 0) is 9.59 Å². The fourth-order valence-electron chi connectivity index (χ4n) is 2.37. The van der Waals surface area contributed by atoms with Crippen LogP contribution in [-0.4, -0.2) is 40.9 Å². The standard InChI is InChI=1S/C16H18N2O4/c19-14(8-9-15(20)21)17-13-7-3-2-6-12(13)16(22)18-10-4-1-5-11-18/h2-3,6-9H,1,4-5,10-11H2,(H,17,19)(H,20,21). The number of carboxylic acid groups (broad SMARTS) is 1. The van der Waals surface area contributed by atoms with Crippen LogP contribution in [0, 0.1) is 0 Å². The highest BCUT2D eigenvalue weighted by Gasteiger charge is 2.20. The maximum atomic E-state index is 12.5. The van der Waals surface area contributed by atoms with E-state index >= 15 is 0 Å². The van der Waals surface area contributed by atoms with Gasteiger partial charge in [0.05, 0.1) is 11.3 Å². The van der Waals surface area contributed by atoms with Crippen molar-refractivity contribution in [1.29, 1.82) is 0 Å². The number of benzene rings is 1. The van der Waals surface area contributed by atoms with E-state index in [2.05, 4.69) is 5.32 Å². The first-order chi connectivity index (χ1) is 10.6. The number of hydrogen-bond acceptors (Lipinski definition) is 3. The number of hydrogen-bond donors (Lipinski definition) is 2. The number of anilines is 1. The number of rotatable bonds is 4. The Morgan fingerprint density at radius 3 is 2.41 bits per heavy atom. The van der Waals surface area contributed by atoms with Crippen molar-refractivity contribution in [2.24, 2.45) is 0 Å². The third-order valence-electron chi connectivity index (χ3n) is 3.44. The number of carboxylic acids is 1. The Kier molecular flexibility index (Phi) is 5.30. The molecule has 1 heterocycles. The van der Waals surface area contributed by atoms with E-state index in [9.17, 15) is 14.4 Å². The molecule has 6 nitrogen and oxygen atoms in total. The number of nitrogens with one attached hydrogen (secondary N) is 1. The van der Waals surface area contributed by atoms with Gasteiger partial charge in [0.2, 0.25) is 5.91 Å². The van der Waals surface area contributed by atoms with Crippen LogP contribution in [0.25, 0.3) is 0 Å². The summed E-state index contributed by atoms with van der Waals surface area (Å²) in [7, 11) is 0. The normalized spacial score (nSPS) is 14.8. The molecule has 1 aliphatic rings. The van der Waals surface area contributed by atoms with E-state index in [0.29, 0.717) is 11.3 Å². The van der Waals surface area contributed by atoms with Gasteiger partial charge in [0, 0.05) is 25.2 Å². The summed E-state index contributed by atoms with van der Waals surface area (Å²) in [6.07, 6.45) is 4.78. The lowest BCUT2D eigenvalue weighted by atomic mass is 10.1. The third-order valence-corrected chi connectivity index (χ3v) is 3.44. The molecule has 1 aromatic rings. The summed E-state index contributed by atoms with van der Waals surface area (Å²) in [4.78, 5) is 36.4. The fourth-order valence-corrected chi connectivity index (χ4v) is 2.37. The molecule has 0 saturated carbocycles. The second-order valence-electron chi connectivity index (χ2n) is 5.06. The monoisotopic (exact) mass is 302 g/mol. The third kappa shape index (κ3) is 4.18. The minimum Gasteiger partial charge on any atom is -0.478 e. The highest BCUT2D eigenvalue weighted by Crippen LogP contribution is 2.20. The Morgan fingerprint density at radius 1 is 1.05 bits per heavy atom. The predicted octanol–water partition coefficient (Wildman–Crippen LogP) is 1.89. The Hall–Kier alpha value is -2.63. The van der Waals surface area contributed by atoms with Crippen LogP contribution >= 0.6 is 0 Å². The summed E-state index contributed by atoms with van der Waals surface area (Å²) in [5.41, 5.74) is 0.805. The molecule has 0 aliphatic carbocycles. The molecule has 0 unspecified atom stereocenters. The first-order valence-electron chi connectivity index (χ1n) is 7.18. The molecule has 2 rings (SSSR count). The van der Waals surface area contributed by atoms with Crippen molar-refractivity contribution < 1.29 is 19.5 Å². The van der Waals surface area contributed by atoms with Crippen molar-refractivity contribution >= 4 is 23.5 Å². The smallest absolute Gasteiger partial charge is 0.328 e. The van der Waals surface area contributed by atoms with Gasteiger partial charge >= 0.3 is 5.97 Å². The minimum atomic E-state index is -1.20. The van der Waals surface area contributed by atoms with Gasteiger partial charge in [0.1, 0.15) is 0 Å². The molecule has 0 aromatic heterocycles. The Morgan fingerprint density at radius 2 is 1.73 bits per heavy atom. The Bertz CT molecular complexity index is 604. The maximum Gasteiger partial charge on any atom is 0.328 e. The van der Waals surface area contributed by atoms with Crippen LogP contribution in [0.4, 0.5) is 5.69 Å². The van der Waals surface area contributed by atoms with Crippen LogP contribution in [0.3, 0.4) is 0 Å². The minimum absolute atomic E-state index is 0.113. The Balaban J connectivity index is 2.14. The molecule has 6 heteroatoms. The zero-order valence-corrected chi connectivity index (χ0v) is 12.1. The molecule has 0 bridgehead atoms. The molecule has 0 spiro atoms. The van der Waals surface area contributed by atoms with Crippen LogP contribution in [0.5, 0.6) is 0 Å². The summed E-state index contributed by atoms with van der Waals surface area (Å²) < 4.78 is 0. The van der Waals surface area contributed by atoms with Crippen LogP contribution < -0.4 is 5.32 Å². The van der Waals surface area contributed by atoms with Crippen molar-refractivity contribution in [3.63, 3.8) is 0 Å². The Labute approximate surface area is 128 Å². The number of carbonyl (C=O) groups excluding carboxylic acids is 2. The molecule has 1 fully saturated rings. The first kappa shape index (κ1) is 15.8. The van der Waals surface area contributed by atoms with Gasteiger partial charge in [-0.05, 0) is 31.4 Å². The number of nitrogens with zero attached hydrogens (tertiary/aromatic N) is 1. The van der Waals surface area contributed by atoms with E-state index < -0.39 is 11.9 Å². The van der Waals surface area contributed by atoms with E-state index in [1.54, 1.807) is 29.2 Å². The molecule has 0 radical (unpaired) electrons. The van der Waals surface area contributed by atoms with Gasteiger partial charge in [0.15, 0.2) is 0 Å². The zero-order valence-electron chi connectivity index (χ0n) is 12.1. The predicted molar refractivity (Wildman–Crippen MR) is 81.6 cm³/mol. The molecule has 22 heavy (non-hydrogen) atoms. The second-order valence-corrected chi connectivity index (χ2v) is 5.06. The number of likely N-dealkylation sites (tertiary alicyclic amines) is 1. The number of para-hydroxylation sites is 1. The SMILES string of the molecule is O=C(O)C=CC(=O)Nc1ccccc1C(=O)N1CCCCC1. The molecule has 1 saturated heterocycles. The fraction of sp³-hybridized carbons (Fsp3) is 0.312. The average molecular weight is 302 g/mol. The summed E-state index contributed by atoms with van der Waals surface area (Å²) in [5.74, 6) is -1.90. The highest BCUT2D eigenvalue weighted by molar-refractivity contribution is 6.07. The number of carbonyl (C=O) groups is 3. The number of piperidine rings is 1. The van der Waals surface area contributed by atoms with Gasteiger partial charge in [-0.1, -0.05) is 12.1 Å². The van der Waals surface area contributed by atoms with E-state index in [-0.39, 0.29) is 5.91 Å². The van der Waals surface area contributed by atoms with Crippen LogP contribution in [0.2, 0.25) is 0 Å². The molecular formula is C16H18N2O4.